The molecule has 2 aliphatic rings. The Kier molecular flexibility index (Phi) is 7.04. The van der Waals surface area contributed by atoms with Crippen molar-refractivity contribution in [3.05, 3.63) is 70.3 Å². The van der Waals surface area contributed by atoms with Crippen molar-refractivity contribution in [2.45, 2.75) is 65.0 Å². The quantitative estimate of drug-likeness (QED) is 0.347. The van der Waals surface area contributed by atoms with Crippen LogP contribution in [0.5, 0.6) is 5.75 Å². The Morgan fingerprint density at radius 1 is 1.17 bits per heavy atom. The third-order valence-electron chi connectivity index (χ3n) is 6.81. The summed E-state index contributed by atoms with van der Waals surface area (Å²) in [5.74, 6) is -0.779. The monoisotopic (exact) mass is 477 g/mol. The number of Topliss-reactive ketones (excluding diaryl/α,β-unsaturated/α-hetero) is 1. The van der Waals surface area contributed by atoms with E-state index in [0.29, 0.717) is 31.1 Å². The number of aryl methyl sites for hydroxylation is 1. The van der Waals surface area contributed by atoms with E-state index in [0.717, 1.165) is 29.5 Å². The lowest BCUT2D eigenvalue weighted by Gasteiger charge is -2.28. The number of ether oxygens (including phenoxy) is 2. The first-order chi connectivity index (χ1) is 16.6. The molecule has 186 valence electrons. The molecule has 0 spiro atoms. The van der Waals surface area contributed by atoms with E-state index < -0.39 is 17.7 Å². The van der Waals surface area contributed by atoms with Gasteiger partial charge in [-0.1, -0.05) is 45.0 Å². The van der Waals surface area contributed by atoms with Gasteiger partial charge in [0.25, 0.3) is 11.7 Å². The average molecular weight is 478 g/mol. The summed E-state index contributed by atoms with van der Waals surface area (Å²) in [6.07, 6.45) is 1.64. The highest BCUT2D eigenvalue weighted by Crippen LogP contribution is 2.41. The topological polar surface area (TPSA) is 76.1 Å². The Morgan fingerprint density at radius 3 is 2.60 bits per heavy atom. The lowest BCUT2D eigenvalue weighted by Crippen LogP contribution is -2.36. The molecule has 4 rings (SSSR count). The number of likely N-dealkylation sites (tertiary alicyclic amines) is 1. The number of carbonyl (C=O) groups excluding carboxylic acids is 2. The van der Waals surface area contributed by atoms with Gasteiger partial charge in [-0.25, -0.2) is 0 Å². The molecular weight excluding hydrogens is 442 g/mol. The third-order valence-corrected chi connectivity index (χ3v) is 6.81. The first kappa shape index (κ1) is 25.0. The van der Waals surface area contributed by atoms with Crippen molar-refractivity contribution in [3.8, 4) is 5.75 Å². The number of hydrogen-bond acceptors (Lipinski definition) is 5. The number of amides is 1. The van der Waals surface area contributed by atoms with Gasteiger partial charge in [-0.2, -0.15) is 0 Å². The van der Waals surface area contributed by atoms with Crippen LogP contribution in [0.2, 0.25) is 0 Å². The summed E-state index contributed by atoms with van der Waals surface area (Å²) < 4.78 is 11.5. The maximum atomic E-state index is 13.4. The molecule has 0 aliphatic carbocycles. The standard InChI is InChI=1S/C29H35NO5/c1-6-34-21-10-7-9-19(15-21)25-24(27(32)28(33)30(25)17-22-11-8-14-35-22)26(31)23-16-20(29(3,4)5)13-12-18(23)2/h7,9-10,12-13,15-16,22,25,31H,6,8,11,14,17H2,1-5H3/b26-24+. The number of carbonyl (C=O) groups is 2. The van der Waals surface area contributed by atoms with E-state index in [4.69, 9.17) is 9.47 Å². The maximum Gasteiger partial charge on any atom is 0.295 e. The number of nitrogens with zero attached hydrogens (tertiary/aromatic N) is 1. The van der Waals surface area contributed by atoms with E-state index in [9.17, 15) is 14.7 Å². The average Bonchev–Trinajstić information content (AvgIpc) is 3.41. The summed E-state index contributed by atoms with van der Waals surface area (Å²) in [6, 6.07) is 12.6. The maximum absolute atomic E-state index is 13.4. The Bertz CT molecular complexity index is 1150. The second-order valence-corrected chi connectivity index (χ2v) is 10.4. The molecule has 2 atom stereocenters. The number of rotatable bonds is 6. The SMILES string of the molecule is CCOc1cccc(C2/C(=C(\O)c3cc(C(C)(C)C)ccc3C)C(=O)C(=O)N2CC2CCCO2)c1. The number of benzene rings is 2. The van der Waals surface area contributed by atoms with Gasteiger partial charge in [0.1, 0.15) is 11.5 Å². The first-order valence-corrected chi connectivity index (χ1v) is 12.4. The van der Waals surface area contributed by atoms with E-state index in [1.165, 1.54) is 0 Å². The molecule has 2 unspecified atom stereocenters. The molecule has 0 aromatic heterocycles. The minimum absolute atomic E-state index is 0.107. The van der Waals surface area contributed by atoms with Crippen molar-refractivity contribution in [2.24, 2.45) is 0 Å². The van der Waals surface area contributed by atoms with Crippen LogP contribution in [-0.4, -0.2) is 47.6 Å². The van der Waals surface area contributed by atoms with Crippen LogP contribution < -0.4 is 4.74 Å². The van der Waals surface area contributed by atoms with Crippen molar-refractivity contribution in [1.82, 2.24) is 4.90 Å². The number of aliphatic hydroxyl groups is 1. The molecule has 35 heavy (non-hydrogen) atoms. The van der Waals surface area contributed by atoms with E-state index in [1.807, 2.05) is 56.3 Å². The highest BCUT2D eigenvalue weighted by atomic mass is 16.5. The van der Waals surface area contributed by atoms with Gasteiger partial charge in [-0.15, -0.1) is 0 Å². The van der Waals surface area contributed by atoms with Crippen molar-refractivity contribution in [1.29, 1.82) is 0 Å². The predicted octanol–water partition coefficient (Wildman–Crippen LogP) is 5.29. The van der Waals surface area contributed by atoms with Gasteiger partial charge < -0.3 is 19.5 Å². The molecule has 2 fully saturated rings. The summed E-state index contributed by atoms with van der Waals surface area (Å²) >= 11 is 0. The lowest BCUT2D eigenvalue weighted by molar-refractivity contribution is -0.140. The van der Waals surface area contributed by atoms with Crippen LogP contribution in [0.4, 0.5) is 0 Å². The summed E-state index contributed by atoms with van der Waals surface area (Å²) in [5.41, 5.74) is 3.13. The molecule has 0 bridgehead atoms. The number of ketones is 1. The van der Waals surface area contributed by atoms with Gasteiger partial charge in [0, 0.05) is 18.7 Å². The van der Waals surface area contributed by atoms with Crippen LogP contribution in [0.25, 0.3) is 5.76 Å². The van der Waals surface area contributed by atoms with Crippen molar-refractivity contribution < 1.29 is 24.2 Å². The predicted molar refractivity (Wildman–Crippen MR) is 135 cm³/mol. The molecule has 2 aromatic carbocycles. The van der Waals surface area contributed by atoms with E-state index >= 15 is 0 Å². The first-order valence-electron chi connectivity index (χ1n) is 12.4. The second-order valence-electron chi connectivity index (χ2n) is 10.4. The van der Waals surface area contributed by atoms with Crippen LogP contribution in [0.15, 0.2) is 48.0 Å². The largest absolute Gasteiger partial charge is 0.507 e. The normalized spacial score (nSPS) is 22.1. The molecule has 2 aromatic rings. The van der Waals surface area contributed by atoms with Gasteiger partial charge in [0.15, 0.2) is 0 Å². The Hall–Kier alpha value is -3.12. The van der Waals surface area contributed by atoms with Gasteiger partial charge in [0.05, 0.1) is 24.3 Å². The minimum atomic E-state index is -0.725. The van der Waals surface area contributed by atoms with Crippen LogP contribution in [0.3, 0.4) is 0 Å². The van der Waals surface area contributed by atoms with Gasteiger partial charge in [-0.3, -0.25) is 9.59 Å². The fourth-order valence-electron chi connectivity index (χ4n) is 4.85. The van der Waals surface area contributed by atoms with Gasteiger partial charge in [-0.05, 0) is 67.0 Å². The fraction of sp³-hybridized carbons (Fsp3) is 0.448. The molecule has 1 amide bonds. The molecule has 0 saturated carbocycles. The zero-order chi connectivity index (χ0) is 25.3. The summed E-state index contributed by atoms with van der Waals surface area (Å²) in [6.45, 7) is 11.5. The molecule has 0 radical (unpaired) electrons. The highest BCUT2D eigenvalue weighted by Gasteiger charge is 2.47. The molecular formula is C29H35NO5. The van der Waals surface area contributed by atoms with Crippen molar-refractivity contribution >= 4 is 17.4 Å². The zero-order valence-electron chi connectivity index (χ0n) is 21.3. The van der Waals surface area contributed by atoms with Gasteiger partial charge in [0.2, 0.25) is 0 Å². The Labute approximate surface area is 207 Å². The summed E-state index contributed by atoms with van der Waals surface area (Å²) in [5, 5.41) is 11.6. The molecule has 1 N–H and O–H groups in total. The Balaban J connectivity index is 1.88. The zero-order valence-corrected chi connectivity index (χ0v) is 21.3. The van der Waals surface area contributed by atoms with Crippen LogP contribution in [0, 0.1) is 6.92 Å². The summed E-state index contributed by atoms with van der Waals surface area (Å²) in [7, 11) is 0. The van der Waals surface area contributed by atoms with Crippen LogP contribution in [-0.2, 0) is 19.7 Å². The molecule has 2 saturated heterocycles. The van der Waals surface area contributed by atoms with Crippen LogP contribution in [0.1, 0.15) is 68.8 Å². The highest BCUT2D eigenvalue weighted by molar-refractivity contribution is 6.46. The molecule has 2 aliphatic heterocycles. The van der Waals surface area contributed by atoms with Gasteiger partial charge >= 0.3 is 0 Å². The number of hydrogen-bond donors (Lipinski definition) is 1. The van der Waals surface area contributed by atoms with E-state index in [-0.39, 0.29) is 22.9 Å². The summed E-state index contributed by atoms with van der Waals surface area (Å²) in [4.78, 5) is 28.3. The Morgan fingerprint density at radius 2 is 1.94 bits per heavy atom. The second kappa shape index (κ2) is 9.86. The van der Waals surface area contributed by atoms with E-state index in [1.54, 1.807) is 4.90 Å². The van der Waals surface area contributed by atoms with Crippen LogP contribution >= 0.6 is 0 Å². The smallest absolute Gasteiger partial charge is 0.295 e. The molecule has 2 heterocycles. The molecule has 6 nitrogen and oxygen atoms in total. The van der Waals surface area contributed by atoms with E-state index in [2.05, 4.69) is 20.8 Å². The molecule has 6 heteroatoms. The fourth-order valence-corrected chi connectivity index (χ4v) is 4.85. The number of aliphatic hydroxyl groups excluding tert-OH is 1. The van der Waals surface area contributed by atoms with Crippen molar-refractivity contribution in [2.75, 3.05) is 19.8 Å². The third kappa shape index (κ3) is 4.98. The lowest BCUT2D eigenvalue weighted by atomic mass is 9.84. The van der Waals surface area contributed by atoms with Crippen molar-refractivity contribution in [3.63, 3.8) is 0 Å². The minimum Gasteiger partial charge on any atom is -0.507 e.